The lowest BCUT2D eigenvalue weighted by molar-refractivity contribution is 0.102. The van der Waals surface area contributed by atoms with Crippen LogP contribution in [0.4, 0.5) is 5.82 Å². The SMILES string of the molecule is Cc1cc(Cl)c(C(=O)Nc2cccc(Br)n2)cn1. The molecule has 0 fully saturated rings. The molecule has 2 heterocycles. The summed E-state index contributed by atoms with van der Waals surface area (Å²) in [6.45, 7) is 1.81. The van der Waals surface area contributed by atoms with E-state index in [4.69, 9.17) is 11.6 Å². The molecule has 0 saturated carbocycles. The Morgan fingerprint density at radius 3 is 2.89 bits per heavy atom. The average molecular weight is 327 g/mol. The summed E-state index contributed by atoms with van der Waals surface area (Å²) < 4.78 is 0.647. The standard InChI is InChI=1S/C12H9BrClN3O/c1-7-5-9(14)8(6-15-7)12(18)17-11-4-2-3-10(13)16-11/h2-6H,1H3,(H,16,17,18). The molecule has 0 aromatic carbocycles. The third kappa shape index (κ3) is 3.05. The zero-order chi connectivity index (χ0) is 13.1. The van der Waals surface area contributed by atoms with Gasteiger partial charge in [-0.15, -0.1) is 0 Å². The Balaban J connectivity index is 2.22. The Bertz CT molecular complexity index is 604. The minimum absolute atomic E-state index is 0.323. The summed E-state index contributed by atoms with van der Waals surface area (Å²) >= 11 is 9.22. The lowest BCUT2D eigenvalue weighted by Gasteiger charge is -2.06. The molecule has 2 aromatic heterocycles. The number of hydrogen-bond donors (Lipinski definition) is 1. The molecule has 2 rings (SSSR count). The summed E-state index contributed by atoms with van der Waals surface area (Å²) in [5.74, 6) is 0.115. The van der Waals surface area contributed by atoms with Crippen molar-refractivity contribution in [1.82, 2.24) is 9.97 Å². The van der Waals surface area contributed by atoms with E-state index < -0.39 is 0 Å². The van der Waals surface area contributed by atoms with Crippen molar-refractivity contribution in [2.45, 2.75) is 6.92 Å². The number of amides is 1. The molecule has 0 aliphatic rings. The van der Waals surface area contributed by atoms with Crippen molar-refractivity contribution in [1.29, 1.82) is 0 Å². The van der Waals surface area contributed by atoms with Crippen LogP contribution < -0.4 is 5.32 Å². The monoisotopic (exact) mass is 325 g/mol. The molecule has 2 aromatic rings. The fourth-order valence-corrected chi connectivity index (χ4v) is 1.99. The van der Waals surface area contributed by atoms with Gasteiger partial charge in [-0.25, -0.2) is 4.98 Å². The second-order valence-electron chi connectivity index (χ2n) is 3.61. The first-order chi connectivity index (χ1) is 8.56. The molecule has 0 saturated heterocycles. The molecule has 0 unspecified atom stereocenters. The minimum Gasteiger partial charge on any atom is -0.306 e. The predicted octanol–water partition coefficient (Wildman–Crippen LogP) is 3.45. The molecule has 0 atom stereocenters. The molecule has 1 N–H and O–H groups in total. The van der Waals surface area contributed by atoms with Crippen LogP contribution in [0.15, 0.2) is 35.1 Å². The molecular weight excluding hydrogens is 318 g/mol. The number of pyridine rings is 2. The van der Waals surface area contributed by atoms with Crippen molar-refractivity contribution in [2.24, 2.45) is 0 Å². The molecule has 0 aliphatic heterocycles. The van der Waals surface area contributed by atoms with E-state index >= 15 is 0 Å². The smallest absolute Gasteiger partial charge is 0.259 e. The van der Waals surface area contributed by atoms with Crippen molar-refractivity contribution in [3.05, 3.63) is 51.3 Å². The van der Waals surface area contributed by atoms with Crippen LogP contribution in [0.1, 0.15) is 16.1 Å². The van der Waals surface area contributed by atoms with Gasteiger partial charge in [-0.1, -0.05) is 17.7 Å². The minimum atomic E-state index is -0.335. The van der Waals surface area contributed by atoms with E-state index in [9.17, 15) is 4.79 Å². The van der Waals surface area contributed by atoms with Crippen LogP contribution in [0.3, 0.4) is 0 Å². The Hall–Kier alpha value is -1.46. The Kier molecular flexibility index (Phi) is 3.93. The van der Waals surface area contributed by atoms with Gasteiger partial charge in [0, 0.05) is 11.9 Å². The van der Waals surface area contributed by atoms with Crippen molar-refractivity contribution in [3.63, 3.8) is 0 Å². The van der Waals surface area contributed by atoms with Gasteiger partial charge in [-0.3, -0.25) is 9.78 Å². The Labute approximate surface area is 118 Å². The fourth-order valence-electron chi connectivity index (χ4n) is 1.36. The first-order valence-corrected chi connectivity index (χ1v) is 6.29. The first kappa shape index (κ1) is 13.0. The average Bonchev–Trinajstić information content (AvgIpc) is 2.28. The molecule has 18 heavy (non-hydrogen) atoms. The topological polar surface area (TPSA) is 54.9 Å². The number of hydrogen-bond acceptors (Lipinski definition) is 3. The molecule has 4 nitrogen and oxygen atoms in total. The quantitative estimate of drug-likeness (QED) is 0.860. The molecule has 1 amide bonds. The van der Waals surface area contributed by atoms with Crippen LogP contribution in [0, 0.1) is 6.92 Å². The number of halogens is 2. The summed E-state index contributed by atoms with van der Waals surface area (Å²) in [6, 6.07) is 6.89. The molecule has 0 radical (unpaired) electrons. The van der Waals surface area contributed by atoms with Gasteiger partial charge in [0.25, 0.3) is 5.91 Å². The maximum atomic E-state index is 12.0. The van der Waals surface area contributed by atoms with E-state index in [1.165, 1.54) is 6.20 Å². The number of aromatic nitrogens is 2. The van der Waals surface area contributed by atoms with Crippen molar-refractivity contribution >= 4 is 39.3 Å². The maximum absolute atomic E-state index is 12.0. The first-order valence-electron chi connectivity index (χ1n) is 5.12. The highest BCUT2D eigenvalue weighted by Crippen LogP contribution is 2.17. The van der Waals surface area contributed by atoms with Crippen molar-refractivity contribution in [3.8, 4) is 0 Å². The van der Waals surface area contributed by atoms with Gasteiger partial charge < -0.3 is 5.32 Å². The van der Waals surface area contributed by atoms with Gasteiger partial charge in [-0.2, -0.15) is 0 Å². The molecule has 6 heteroatoms. The Morgan fingerprint density at radius 1 is 1.44 bits per heavy atom. The van der Waals surface area contributed by atoms with E-state index in [0.717, 1.165) is 5.69 Å². The van der Waals surface area contributed by atoms with Gasteiger partial charge >= 0.3 is 0 Å². The van der Waals surface area contributed by atoms with Gasteiger partial charge in [0.05, 0.1) is 10.6 Å². The number of nitrogens with zero attached hydrogens (tertiary/aromatic N) is 2. The Morgan fingerprint density at radius 2 is 2.22 bits per heavy atom. The lowest BCUT2D eigenvalue weighted by Crippen LogP contribution is -2.14. The van der Waals surface area contributed by atoms with Gasteiger partial charge in [0.1, 0.15) is 10.4 Å². The highest BCUT2D eigenvalue weighted by molar-refractivity contribution is 9.10. The summed E-state index contributed by atoms with van der Waals surface area (Å²) in [6.07, 6.45) is 1.45. The molecule has 92 valence electrons. The van der Waals surface area contributed by atoms with Gasteiger partial charge in [0.15, 0.2) is 0 Å². The highest BCUT2D eigenvalue weighted by atomic mass is 79.9. The van der Waals surface area contributed by atoms with Crippen molar-refractivity contribution < 1.29 is 4.79 Å². The summed E-state index contributed by atoms with van der Waals surface area (Å²) in [5, 5.41) is 3.03. The van der Waals surface area contributed by atoms with E-state index in [1.807, 2.05) is 6.92 Å². The number of rotatable bonds is 2. The molecular formula is C12H9BrClN3O. The number of nitrogens with one attached hydrogen (secondary N) is 1. The van der Waals surface area contributed by atoms with E-state index in [1.54, 1.807) is 24.3 Å². The summed E-state index contributed by atoms with van der Waals surface area (Å²) in [4.78, 5) is 20.1. The molecule has 0 spiro atoms. The maximum Gasteiger partial charge on any atom is 0.259 e. The van der Waals surface area contributed by atoms with Gasteiger partial charge in [0.2, 0.25) is 0 Å². The highest BCUT2D eigenvalue weighted by Gasteiger charge is 2.11. The van der Waals surface area contributed by atoms with Crippen LogP contribution in [0.25, 0.3) is 0 Å². The third-order valence-electron chi connectivity index (χ3n) is 2.19. The molecule has 0 aliphatic carbocycles. The largest absolute Gasteiger partial charge is 0.306 e. The van der Waals surface area contributed by atoms with E-state index in [0.29, 0.717) is 21.0 Å². The number of aryl methyl sites for hydroxylation is 1. The number of carbonyl (C=O) groups excluding carboxylic acids is 1. The van der Waals surface area contributed by atoms with Crippen LogP contribution in [0.2, 0.25) is 5.02 Å². The third-order valence-corrected chi connectivity index (χ3v) is 2.95. The zero-order valence-corrected chi connectivity index (χ0v) is 11.8. The van der Waals surface area contributed by atoms with Gasteiger partial charge in [-0.05, 0) is 41.1 Å². The normalized spacial score (nSPS) is 10.2. The zero-order valence-electron chi connectivity index (χ0n) is 9.45. The predicted molar refractivity (Wildman–Crippen MR) is 73.9 cm³/mol. The van der Waals surface area contributed by atoms with E-state index in [2.05, 4.69) is 31.2 Å². The van der Waals surface area contributed by atoms with Crippen LogP contribution in [-0.4, -0.2) is 15.9 Å². The second kappa shape index (κ2) is 5.46. The second-order valence-corrected chi connectivity index (χ2v) is 4.82. The van der Waals surface area contributed by atoms with Crippen LogP contribution in [0.5, 0.6) is 0 Å². The summed E-state index contributed by atoms with van der Waals surface area (Å²) in [7, 11) is 0. The number of anilines is 1. The van der Waals surface area contributed by atoms with Crippen LogP contribution >= 0.6 is 27.5 Å². The molecule has 0 bridgehead atoms. The van der Waals surface area contributed by atoms with Crippen molar-refractivity contribution in [2.75, 3.05) is 5.32 Å². The lowest BCUT2D eigenvalue weighted by atomic mass is 10.2. The summed E-state index contributed by atoms with van der Waals surface area (Å²) in [5.41, 5.74) is 1.08. The van der Waals surface area contributed by atoms with E-state index in [-0.39, 0.29) is 5.91 Å². The fraction of sp³-hybridized carbons (Fsp3) is 0.0833. The number of carbonyl (C=O) groups is 1. The van der Waals surface area contributed by atoms with Crippen LogP contribution in [-0.2, 0) is 0 Å².